The summed E-state index contributed by atoms with van der Waals surface area (Å²) in [5.41, 5.74) is 1.33. The van der Waals surface area contributed by atoms with Gasteiger partial charge >= 0.3 is 5.97 Å². The molecule has 2 rings (SSSR count). The third kappa shape index (κ3) is 2.24. The molecular weight excluding hydrogens is 254 g/mol. The van der Waals surface area contributed by atoms with Gasteiger partial charge in [0.05, 0.1) is 17.1 Å². The number of nitrogens with one attached hydrogen (secondary N) is 1. The van der Waals surface area contributed by atoms with Gasteiger partial charge in [-0.15, -0.1) is 0 Å². The standard InChI is InChI=1S/C12H13NO4S/c1-2-18(16,17)9-3-4-11-10(6-9)8(7-13-11)5-12(14)15/h3-4,6-7,13H,2,5H2,1H3,(H,14,15). The monoisotopic (exact) mass is 267 g/mol. The van der Waals surface area contributed by atoms with E-state index in [9.17, 15) is 13.2 Å². The van der Waals surface area contributed by atoms with Crippen molar-refractivity contribution in [1.82, 2.24) is 4.98 Å². The summed E-state index contributed by atoms with van der Waals surface area (Å²) < 4.78 is 23.5. The second-order valence-electron chi connectivity index (χ2n) is 4.00. The molecule has 0 aliphatic rings. The van der Waals surface area contributed by atoms with Crippen molar-refractivity contribution in [2.45, 2.75) is 18.2 Å². The zero-order valence-corrected chi connectivity index (χ0v) is 10.6. The molecule has 0 spiro atoms. The zero-order chi connectivity index (χ0) is 13.3. The van der Waals surface area contributed by atoms with Gasteiger partial charge in [0.1, 0.15) is 0 Å². The number of hydrogen-bond acceptors (Lipinski definition) is 3. The number of sulfone groups is 1. The molecule has 0 atom stereocenters. The Morgan fingerprint density at radius 2 is 2.11 bits per heavy atom. The number of aromatic amines is 1. The van der Waals surface area contributed by atoms with Crippen LogP contribution in [0.15, 0.2) is 29.3 Å². The van der Waals surface area contributed by atoms with Gasteiger partial charge in [-0.05, 0) is 23.8 Å². The Labute approximate surface area is 104 Å². The SMILES string of the molecule is CCS(=O)(=O)c1ccc2[nH]cc(CC(=O)O)c2c1. The largest absolute Gasteiger partial charge is 0.481 e. The quantitative estimate of drug-likeness (QED) is 0.880. The van der Waals surface area contributed by atoms with E-state index in [1.165, 1.54) is 12.1 Å². The van der Waals surface area contributed by atoms with Gasteiger partial charge in [0, 0.05) is 17.1 Å². The molecule has 18 heavy (non-hydrogen) atoms. The van der Waals surface area contributed by atoms with Crippen molar-refractivity contribution < 1.29 is 18.3 Å². The Hall–Kier alpha value is -1.82. The van der Waals surface area contributed by atoms with Crippen LogP contribution in [0.4, 0.5) is 0 Å². The molecule has 0 bridgehead atoms. The summed E-state index contributed by atoms with van der Waals surface area (Å²) in [4.78, 5) is 13.9. The summed E-state index contributed by atoms with van der Waals surface area (Å²) in [5.74, 6) is -0.920. The molecule has 0 aliphatic heterocycles. The lowest BCUT2D eigenvalue weighted by atomic mass is 10.1. The number of H-pyrrole nitrogens is 1. The van der Waals surface area contributed by atoms with Crippen molar-refractivity contribution >= 4 is 26.7 Å². The van der Waals surface area contributed by atoms with Crippen LogP contribution in [0.1, 0.15) is 12.5 Å². The minimum absolute atomic E-state index is 0.0250. The van der Waals surface area contributed by atoms with Gasteiger partial charge < -0.3 is 10.1 Å². The van der Waals surface area contributed by atoms with Crippen molar-refractivity contribution in [3.8, 4) is 0 Å². The van der Waals surface area contributed by atoms with Crippen LogP contribution < -0.4 is 0 Å². The first kappa shape index (κ1) is 12.6. The number of benzene rings is 1. The fourth-order valence-corrected chi connectivity index (χ4v) is 2.73. The minimum atomic E-state index is -3.27. The molecule has 2 N–H and O–H groups in total. The molecule has 2 aromatic rings. The van der Waals surface area contributed by atoms with E-state index >= 15 is 0 Å². The van der Waals surface area contributed by atoms with Crippen molar-refractivity contribution in [3.63, 3.8) is 0 Å². The van der Waals surface area contributed by atoms with E-state index in [0.717, 1.165) is 5.52 Å². The molecule has 96 valence electrons. The van der Waals surface area contributed by atoms with E-state index in [1.807, 2.05) is 0 Å². The molecule has 0 amide bonds. The predicted molar refractivity (Wildman–Crippen MR) is 67.4 cm³/mol. The molecule has 0 saturated carbocycles. The highest BCUT2D eigenvalue weighted by Gasteiger charge is 2.14. The van der Waals surface area contributed by atoms with Gasteiger partial charge in [0.25, 0.3) is 0 Å². The maximum Gasteiger partial charge on any atom is 0.307 e. The van der Waals surface area contributed by atoms with E-state index in [4.69, 9.17) is 5.11 Å². The van der Waals surface area contributed by atoms with E-state index < -0.39 is 15.8 Å². The Balaban J connectivity index is 2.59. The third-order valence-corrected chi connectivity index (χ3v) is 4.55. The molecule has 6 heteroatoms. The molecule has 1 heterocycles. The number of rotatable bonds is 4. The Kier molecular flexibility index (Phi) is 3.13. The average Bonchev–Trinajstić information content (AvgIpc) is 2.71. The predicted octanol–water partition coefficient (Wildman–Crippen LogP) is 1.59. The lowest BCUT2D eigenvalue weighted by molar-refractivity contribution is -0.136. The van der Waals surface area contributed by atoms with Gasteiger partial charge in [0.2, 0.25) is 0 Å². The molecule has 0 radical (unpaired) electrons. The molecule has 0 saturated heterocycles. The second-order valence-corrected chi connectivity index (χ2v) is 6.27. The van der Waals surface area contributed by atoms with Crippen LogP contribution in [-0.4, -0.2) is 30.2 Å². The van der Waals surface area contributed by atoms with Crippen molar-refractivity contribution in [3.05, 3.63) is 30.0 Å². The Morgan fingerprint density at radius 3 is 2.72 bits per heavy atom. The molecule has 0 fully saturated rings. The first-order valence-corrected chi connectivity index (χ1v) is 7.14. The van der Waals surface area contributed by atoms with Gasteiger partial charge in [-0.25, -0.2) is 8.42 Å². The molecule has 5 nitrogen and oxygen atoms in total. The summed E-state index contributed by atoms with van der Waals surface area (Å²) in [6, 6.07) is 4.72. The van der Waals surface area contributed by atoms with Gasteiger partial charge in [-0.3, -0.25) is 4.79 Å². The van der Waals surface area contributed by atoms with Crippen molar-refractivity contribution in [1.29, 1.82) is 0 Å². The molecule has 0 unspecified atom stereocenters. The number of aromatic nitrogens is 1. The third-order valence-electron chi connectivity index (χ3n) is 2.82. The van der Waals surface area contributed by atoms with Gasteiger partial charge in [-0.2, -0.15) is 0 Å². The highest BCUT2D eigenvalue weighted by atomic mass is 32.2. The number of aliphatic carboxylic acids is 1. The zero-order valence-electron chi connectivity index (χ0n) is 9.80. The average molecular weight is 267 g/mol. The van der Waals surface area contributed by atoms with Crippen molar-refractivity contribution in [2.24, 2.45) is 0 Å². The molecule has 1 aromatic heterocycles. The summed E-state index contributed by atoms with van der Waals surface area (Å²) in [6.07, 6.45) is 1.47. The summed E-state index contributed by atoms with van der Waals surface area (Å²) in [6.45, 7) is 1.58. The normalized spacial score (nSPS) is 11.8. The summed E-state index contributed by atoms with van der Waals surface area (Å²) in [7, 11) is -3.27. The van der Waals surface area contributed by atoms with Crippen LogP contribution in [0.3, 0.4) is 0 Å². The van der Waals surface area contributed by atoms with Gasteiger partial charge in [0.15, 0.2) is 9.84 Å². The first-order chi connectivity index (χ1) is 8.44. The van der Waals surface area contributed by atoms with E-state index in [0.29, 0.717) is 10.9 Å². The highest BCUT2D eigenvalue weighted by Crippen LogP contribution is 2.23. The Bertz CT molecular complexity index is 700. The summed E-state index contributed by atoms with van der Waals surface area (Å²) >= 11 is 0. The number of fused-ring (bicyclic) bond motifs is 1. The van der Waals surface area contributed by atoms with Crippen LogP contribution in [0.25, 0.3) is 10.9 Å². The van der Waals surface area contributed by atoms with Gasteiger partial charge in [-0.1, -0.05) is 6.92 Å². The lowest BCUT2D eigenvalue weighted by Crippen LogP contribution is -2.03. The summed E-state index contributed by atoms with van der Waals surface area (Å²) in [5, 5.41) is 9.43. The minimum Gasteiger partial charge on any atom is -0.481 e. The first-order valence-electron chi connectivity index (χ1n) is 5.48. The van der Waals surface area contributed by atoms with Crippen molar-refractivity contribution in [2.75, 3.05) is 5.75 Å². The fourth-order valence-electron chi connectivity index (χ4n) is 1.83. The number of hydrogen-bond donors (Lipinski definition) is 2. The van der Waals surface area contributed by atoms with E-state index in [2.05, 4.69) is 4.98 Å². The molecular formula is C12H13NO4S. The van der Waals surface area contributed by atoms with E-state index in [-0.39, 0.29) is 17.1 Å². The van der Waals surface area contributed by atoms with Crippen LogP contribution >= 0.6 is 0 Å². The Morgan fingerprint density at radius 1 is 1.39 bits per heavy atom. The van der Waals surface area contributed by atoms with Crippen LogP contribution in [-0.2, 0) is 21.1 Å². The van der Waals surface area contributed by atoms with Crippen LogP contribution in [0.5, 0.6) is 0 Å². The maximum absolute atomic E-state index is 11.8. The smallest absolute Gasteiger partial charge is 0.307 e. The fraction of sp³-hybridized carbons (Fsp3) is 0.250. The lowest BCUT2D eigenvalue weighted by Gasteiger charge is -2.02. The highest BCUT2D eigenvalue weighted by molar-refractivity contribution is 7.91. The maximum atomic E-state index is 11.8. The number of carboxylic acids is 1. The van der Waals surface area contributed by atoms with Crippen LogP contribution in [0.2, 0.25) is 0 Å². The molecule has 0 aliphatic carbocycles. The molecule has 1 aromatic carbocycles. The topological polar surface area (TPSA) is 87.2 Å². The van der Waals surface area contributed by atoms with E-state index in [1.54, 1.807) is 19.2 Å². The van der Waals surface area contributed by atoms with Crippen LogP contribution in [0, 0.1) is 0 Å². The number of carbonyl (C=O) groups is 1. The second kappa shape index (κ2) is 4.45. The number of carboxylic acid groups (broad SMARTS) is 1.